The quantitative estimate of drug-likeness (QED) is 0.243. The van der Waals surface area contributed by atoms with Crippen LogP contribution in [0.5, 0.6) is 17.2 Å². The van der Waals surface area contributed by atoms with Crippen molar-refractivity contribution in [2.45, 2.75) is 51.9 Å². The van der Waals surface area contributed by atoms with Crippen molar-refractivity contribution in [2.24, 2.45) is 5.10 Å². The predicted molar refractivity (Wildman–Crippen MR) is 125 cm³/mol. The first kappa shape index (κ1) is 24.3. The Hall–Kier alpha value is -3.02. The topological polar surface area (TPSA) is 69.2 Å². The highest BCUT2D eigenvalue weighted by Crippen LogP contribution is 2.27. The normalized spacial score (nSPS) is 10.8. The number of ether oxygens (including phenoxy) is 3. The number of nitrogens with zero attached hydrogens (tertiary/aromatic N) is 1. The van der Waals surface area contributed by atoms with Crippen molar-refractivity contribution in [3.05, 3.63) is 53.6 Å². The molecule has 168 valence electrons. The van der Waals surface area contributed by atoms with E-state index in [-0.39, 0.29) is 5.91 Å². The average molecular weight is 427 g/mol. The summed E-state index contributed by atoms with van der Waals surface area (Å²) < 4.78 is 16.5. The monoisotopic (exact) mass is 426 g/mol. The van der Waals surface area contributed by atoms with Crippen LogP contribution in [0.2, 0.25) is 0 Å². The molecule has 2 aromatic carbocycles. The van der Waals surface area contributed by atoms with Crippen LogP contribution in [0.25, 0.3) is 0 Å². The van der Waals surface area contributed by atoms with Gasteiger partial charge in [-0.2, -0.15) is 5.10 Å². The van der Waals surface area contributed by atoms with Gasteiger partial charge in [0.15, 0.2) is 11.5 Å². The summed E-state index contributed by atoms with van der Waals surface area (Å²) in [6.45, 7) is 2.91. The molecule has 0 aliphatic rings. The van der Waals surface area contributed by atoms with E-state index in [9.17, 15) is 4.79 Å². The molecule has 0 unspecified atom stereocenters. The SMILES string of the molecule is CCCCCCCCCOc1ccc(/C=N/NC(=O)c2cccc(OC)c2)cc1OC. The zero-order valence-electron chi connectivity index (χ0n) is 18.9. The number of methoxy groups -OCH3 is 2. The van der Waals surface area contributed by atoms with Gasteiger partial charge in [0.1, 0.15) is 5.75 Å². The Morgan fingerprint density at radius 2 is 1.71 bits per heavy atom. The Morgan fingerprint density at radius 3 is 2.45 bits per heavy atom. The van der Waals surface area contributed by atoms with Gasteiger partial charge in [0, 0.05) is 5.56 Å². The molecule has 0 bridgehead atoms. The lowest BCUT2D eigenvalue weighted by atomic mass is 10.1. The number of hydrogen-bond donors (Lipinski definition) is 1. The molecule has 2 rings (SSSR count). The van der Waals surface area contributed by atoms with Gasteiger partial charge in [-0.3, -0.25) is 4.79 Å². The summed E-state index contributed by atoms with van der Waals surface area (Å²) in [5, 5.41) is 4.03. The third-order valence-corrected chi connectivity index (χ3v) is 4.90. The van der Waals surface area contributed by atoms with E-state index in [0.717, 1.165) is 12.0 Å². The Labute approximate surface area is 185 Å². The van der Waals surface area contributed by atoms with Crippen LogP contribution in [-0.4, -0.2) is 32.9 Å². The van der Waals surface area contributed by atoms with Gasteiger partial charge in [-0.25, -0.2) is 5.43 Å². The van der Waals surface area contributed by atoms with E-state index in [1.165, 1.54) is 38.5 Å². The standard InChI is InChI=1S/C25H34N2O4/c1-4-5-6-7-8-9-10-16-31-23-15-14-20(17-24(23)30-3)19-26-27-25(28)21-12-11-13-22(18-21)29-2/h11-15,17-19H,4-10,16H2,1-3H3,(H,27,28)/b26-19+. The first-order valence-electron chi connectivity index (χ1n) is 11.0. The maximum absolute atomic E-state index is 12.2. The molecule has 1 amide bonds. The predicted octanol–water partition coefficient (Wildman–Crippen LogP) is 5.60. The number of hydrazone groups is 1. The molecule has 1 N–H and O–H groups in total. The molecule has 0 radical (unpaired) electrons. The maximum Gasteiger partial charge on any atom is 0.271 e. The second kappa shape index (κ2) is 14.1. The molecule has 31 heavy (non-hydrogen) atoms. The molecular weight excluding hydrogens is 392 g/mol. The molecule has 0 aliphatic heterocycles. The van der Waals surface area contributed by atoms with Crippen LogP contribution >= 0.6 is 0 Å². The van der Waals surface area contributed by atoms with E-state index in [2.05, 4.69) is 17.5 Å². The summed E-state index contributed by atoms with van der Waals surface area (Å²) in [4.78, 5) is 12.2. The molecule has 0 spiro atoms. The van der Waals surface area contributed by atoms with E-state index >= 15 is 0 Å². The maximum atomic E-state index is 12.2. The van der Waals surface area contributed by atoms with Crippen LogP contribution in [-0.2, 0) is 0 Å². The fourth-order valence-corrected chi connectivity index (χ4v) is 3.12. The molecule has 0 aromatic heterocycles. The molecule has 6 heteroatoms. The Morgan fingerprint density at radius 1 is 0.935 bits per heavy atom. The molecule has 0 heterocycles. The number of benzene rings is 2. The number of carbonyl (C=O) groups is 1. The summed E-state index contributed by atoms with van der Waals surface area (Å²) in [6, 6.07) is 12.5. The number of unbranched alkanes of at least 4 members (excludes halogenated alkanes) is 6. The fourth-order valence-electron chi connectivity index (χ4n) is 3.12. The number of hydrogen-bond acceptors (Lipinski definition) is 5. The van der Waals surface area contributed by atoms with Crippen molar-refractivity contribution in [3.63, 3.8) is 0 Å². The van der Waals surface area contributed by atoms with E-state index in [4.69, 9.17) is 14.2 Å². The number of rotatable bonds is 14. The molecule has 0 saturated heterocycles. The van der Waals surface area contributed by atoms with Crippen LogP contribution < -0.4 is 19.6 Å². The van der Waals surface area contributed by atoms with Crippen molar-refractivity contribution in [3.8, 4) is 17.2 Å². The Bertz CT molecular complexity index is 836. The highest BCUT2D eigenvalue weighted by molar-refractivity contribution is 5.95. The zero-order chi connectivity index (χ0) is 22.3. The second-order valence-electron chi connectivity index (χ2n) is 7.31. The lowest BCUT2D eigenvalue weighted by molar-refractivity contribution is 0.0955. The lowest BCUT2D eigenvalue weighted by Gasteiger charge is -2.11. The van der Waals surface area contributed by atoms with Crippen molar-refractivity contribution in [1.29, 1.82) is 0 Å². The molecule has 6 nitrogen and oxygen atoms in total. The van der Waals surface area contributed by atoms with Gasteiger partial charge < -0.3 is 14.2 Å². The highest BCUT2D eigenvalue weighted by Gasteiger charge is 2.07. The van der Waals surface area contributed by atoms with Crippen molar-refractivity contribution in [1.82, 2.24) is 5.43 Å². The van der Waals surface area contributed by atoms with Crippen LogP contribution in [0, 0.1) is 0 Å². The van der Waals surface area contributed by atoms with Crippen molar-refractivity contribution < 1.29 is 19.0 Å². The molecule has 0 fully saturated rings. The lowest BCUT2D eigenvalue weighted by Crippen LogP contribution is -2.17. The van der Waals surface area contributed by atoms with E-state index in [1.54, 1.807) is 44.7 Å². The minimum absolute atomic E-state index is 0.309. The van der Waals surface area contributed by atoms with Gasteiger partial charge in [0.2, 0.25) is 0 Å². The van der Waals surface area contributed by atoms with Crippen molar-refractivity contribution >= 4 is 12.1 Å². The molecular formula is C25H34N2O4. The number of carbonyl (C=O) groups excluding carboxylic acids is 1. The third-order valence-electron chi connectivity index (χ3n) is 4.90. The second-order valence-corrected chi connectivity index (χ2v) is 7.31. The highest BCUT2D eigenvalue weighted by atomic mass is 16.5. The third kappa shape index (κ3) is 8.70. The molecule has 0 saturated carbocycles. The number of amides is 1. The Balaban J connectivity index is 1.81. The zero-order valence-corrected chi connectivity index (χ0v) is 18.9. The number of nitrogens with one attached hydrogen (secondary N) is 1. The van der Waals surface area contributed by atoms with Crippen LogP contribution in [0.3, 0.4) is 0 Å². The van der Waals surface area contributed by atoms with Crippen molar-refractivity contribution in [2.75, 3.05) is 20.8 Å². The smallest absolute Gasteiger partial charge is 0.271 e. The fraction of sp³-hybridized carbons (Fsp3) is 0.440. The minimum atomic E-state index is -0.309. The van der Waals surface area contributed by atoms with Crippen LogP contribution in [0.4, 0.5) is 0 Å². The average Bonchev–Trinajstić information content (AvgIpc) is 2.81. The van der Waals surface area contributed by atoms with Crippen LogP contribution in [0.15, 0.2) is 47.6 Å². The first-order chi connectivity index (χ1) is 15.2. The summed E-state index contributed by atoms with van der Waals surface area (Å²) >= 11 is 0. The summed E-state index contributed by atoms with van der Waals surface area (Å²) in [6.07, 6.45) is 10.3. The van der Waals surface area contributed by atoms with Gasteiger partial charge in [-0.15, -0.1) is 0 Å². The largest absolute Gasteiger partial charge is 0.497 e. The van der Waals surface area contributed by atoms with Crippen LogP contribution in [0.1, 0.15) is 67.8 Å². The van der Waals surface area contributed by atoms with E-state index in [1.807, 2.05) is 18.2 Å². The molecule has 0 atom stereocenters. The summed E-state index contributed by atoms with van der Waals surface area (Å²) in [5.74, 6) is 1.67. The van der Waals surface area contributed by atoms with E-state index in [0.29, 0.717) is 29.4 Å². The summed E-state index contributed by atoms with van der Waals surface area (Å²) in [7, 11) is 3.17. The van der Waals surface area contributed by atoms with E-state index < -0.39 is 0 Å². The first-order valence-corrected chi connectivity index (χ1v) is 11.0. The molecule has 0 aliphatic carbocycles. The van der Waals surface area contributed by atoms with Gasteiger partial charge in [0.05, 0.1) is 27.0 Å². The van der Waals surface area contributed by atoms with Gasteiger partial charge in [-0.05, 0) is 48.4 Å². The minimum Gasteiger partial charge on any atom is -0.497 e. The summed E-state index contributed by atoms with van der Waals surface area (Å²) in [5.41, 5.74) is 3.79. The van der Waals surface area contributed by atoms with Gasteiger partial charge in [0.25, 0.3) is 5.91 Å². The molecule has 2 aromatic rings. The Kier molecular flexibility index (Phi) is 11.0. The van der Waals surface area contributed by atoms with Gasteiger partial charge in [-0.1, -0.05) is 51.5 Å². The van der Waals surface area contributed by atoms with Gasteiger partial charge >= 0.3 is 0 Å².